The van der Waals surface area contributed by atoms with Gasteiger partial charge in [-0.1, -0.05) is 30.3 Å². The average Bonchev–Trinajstić information content (AvgIpc) is 2.17. The molecule has 0 heterocycles. The molecule has 1 amide bonds. The molecule has 1 aromatic rings. The van der Waals surface area contributed by atoms with Crippen molar-refractivity contribution in [3.8, 4) is 0 Å². The SMILES string of the molecule is C[C@@H](NC(=O)CN(C)C)c1ccccc1. The Bertz CT molecular complexity index is 309. The maximum Gasteiger partial charge on any atom is 0.234 e. The second-order valence-corrected chi connectivity index (χ2v) is 3.94. The molecule has 1 aromatic carbocycles. The van der Waals surface area contributed by atoms with E-state index in [0.717, 1.165) is 5.56 Å². The van der Waals surface area contributed by atoms with Crippen LogP contribution in [0.25, 0.3) is 0 Å². The fourth-order valence-corrected chi connectivity index (χ4v) is 1.40. The molecule has 0 bridgehead atoms. The molecule has 3 nitrogen and oxygen atoms in total. The Morgan fingerprint density at radius 1 is 1.33 bits per heavy atom. The number of benzene rings is 1. The van der Waals surface area contributed by atoms with Gasteiger partial charge in [-0.15, -0.1) is 0 Å². The maximum atomic E-state index is 11.5. The summed E-state index contributed by atoms with van der Waals surface area (Å²) in [4.78, 5) is 13.3. The van der Waals surface area contributed by atoms with Crippen molar-refractivity contribution in [3.05, 3.63) is 35.9 Å². The number of likely N-dealkylation sites (N-methyl/N-ethyl adjacent to an activating group) is 1. The molecule has 0 aliphatic rings. The summed E-state index contributed by atoms with van der Waals surface area (Å²) in [5.41, 5.74) is 1.13. The number of hydrogen-bond donors (Lipinski definition) is 1. The number of hydrogen-bond acceptors (Lipinski definition) is 2. The fraction of sp³-hybridized carbons (Fsp3) is 0.417. The van der Waals surface area contributed by atoms with Gasteiger partial charge in [-0.25, -0.2) is 0 Å². The summed E-state index contributed by atoms with van der Waals surface area (Å²) >= 11 is 0. The molecule has 0 saturated heterocycles. The smallest absolute Gasteiger partial charge is 0.234 e. The highest BCUT2D eigenvalue weighted by atomic mass is 16.2. The van der Waals surface area contributed by atoms with Crippen molar-refractivity contribution in [3.63, 3.8) is 0 Å². The number of rotatable bonds is 4. The fourth-order valence-electron chi connectivity index (χ4n) is 1.40. The maximum absolute atomic E-state index is 11.5. The molecule has 1 N–H and O–H groups in total. The topological polar surface area (TPSA) is 32.3 Å². The molecular weight excluding hydrogens is 188 g/mol. The van der Waals surface area contributed by atoms with Crippen LogP contribution < -0.4 is 5.32 Å². The molecule has 0 fully saturated rings. The van der Waals surface area contributed by atoms with Crippen LogP contribution in [0.2, 0.25) is 0 Å². The second kappa shape index (κ2) is 5.51. The van der Waals surface area contributed by atoms with Gasteiger partial charge in [-0.3, -0.25) is 4.79 Å². The van der Waals surface area contributed by atoms with Crippen molar-refractivity contribution >= 4 is 5.91 Å². The number of carbonyl (C=O) groups excluding carboxylic acids is 1. The lowest BCUT2D eigenvalue weighted by Crippen LogP contribution is -2.34. The highest BCUT2D eigenvalue weighted by Crippen LogP contribution is 2.10. The lowest BCUT2D eigenvalue weighted by molar-refractivity contribution is -0.122. The van der Waals surface area contributed by atoms with Gasteiger partial charge in [0.2, 0.25) is 5.91 Å². The zero-order valence-corrected chi connectivity index (χ0v) is 9.53. The van der Waals surface area contributed by atoms with E-state index in [-0.39, 0.29) is 11.9 Å². The monoisotopic (exact) mass is 206 g/mol. The van der Waals surface area contributed by atoms with Gasteiger partial charge >= 0.3 is 0 Å². The third-order valence-electron chi connectivity index (χ3n) is 2.14. The van der Waals surface area contributed by atoms with Crippen molar-refractivity contribution in [2.45, 2.75) is 13.0 Å². The highest BCUT2D eigenvalue weighted by molar-refractivity contribution is 5.78. The predicted molar refractivity (Wildman–Crippen MR) is 61.6 cm³/mol. The van der Waals surface area contributed by atoms with Crippen LogP contribution >= 0.6 is 0 Å². The summed E-state index contributed by atoms with van der Waals surface area (Å²) in [5, 5.41) is 2.95. The van der Waals surface area contributed by atoms with E-state index >= 15 is 0 Å². The van der Waals surface area contributed by atoms with E-state index in [1.807, 2.05) is 56.3 Å². The van der Waals surface area contributed by atoms with Crippen LogP contribution in [0, 0.1) is 0 Å². The lowest BCUT2D eigenvalue weighted by atomic mass is 10.1. The van der Waals surface area contributed by atoms with Crippen molar-refractivity contribution in [1.29, 1.82) is 0 Å². The molecule has 0 aromatic heterocycles. The summed E-state index contributed by atoms with van der Waals surface area (Å²) in [6.45, 7) is 2.42. The molecule has 0 spiro atoms. The predicted octanol–water partition coefficient (Wildman–Crippen LogP) is 1.43. The number of carbonyl (C=O) groups is 1. The zero-order chi connectivity index (χ0) is 11.3. The Labute approximate surface area is 91.1 Å². The van der Waals surface area contributed by atoms with Crippen LogP contribution in [0.1, 0.15) is 18.5 Å². The van der Waals surface area contributed by atoms with E-state index in [2.05, 4.69) is 5.32 Å². The molecule has 1 rings (SSSR count). The molecule has 1 atom stereocenters. The molecule has 82 valence electrons. The van der Waals surface area contributed by atoms with Crippen molar-refractivity contribution in [2.75, 3.05) is 20.6 Å². The lowest BCUT2D eigenvalue weighted by Gasteiger charge is -2.16. The standard InChI is InChI=1S/C12H18N2O/c1-10(11-7-5-4-6-8-11)13-12(15)9-14(2)3/h4-8,10H,9H2,1-3H3,(H,13,15)/t10-/m1/s1. The van der Waals surface area contributed by atoms with E-state index in [4.69, 9.17) is 0 Å². The van der Waals surface area contributed by atoms with Crippen LogP contribution in [-0.4, -0.2) is 31.4 Å². The van der Waals surface area contributed by atoms with Crippen LogP contribution in [-0.2, 0) is 4.79 Å². The molecule has 0 saturated carbocycles. The third-order valence-corrected chi connectivity index (χ3v) is 2.14. The Hall–Kier alpha value is -1.35. The van der Waals surface area contributed by atoms with E-state index in [0.29, 0.717) is 6.54 Å². The highest BCUT2D eigenvalue weighted by Gasteiger charge is 2.09. The summed E-state index contributed by atoms with van der Waals surface area (Å²) in [7, 11) is 3.76. The Morgan fingerprint density at radius 2 is 1.93 bits per heavy atom. The number of nitrogens with one attached hydrogen (secondary N) is 1. The van der Waals surface area contributed by atoms with Gasteiger partial charge in [0.25, 0.3) is 0 Å². The zero-order valence-electron chi connectivity index (χ0n) is 9.53. The second-order valence-electron chi connectivity index (χ2n) is 3.94. The third kappa shape index (κ3) is 4.13. The van der Waals surface area contributed by atoms with Crippen LogP contribution in [0.5, 0.6) is 0 Å². The average molecular weight is 206 g/mol. The molecule has 0 aliphatic carbocycles. The van der Waals surface area contributed by atoms with E-state index in [1.165, 1.54) is 0 Å². The first-order chi connectivity index (χ1) is 7.09. The minimum absolute atomic E-state index is 0.0522. The van der Waals surface area contributed by atoms with Crippen LogP contribution in [0.4, 0.5) is 0 Å². The summed E-state index contributed by atoms with van der Waals surface area (Å²) in [6.07, 6.45) is 0. The minimum atomic E-state index is 0.0522. The van der Waals surface area contributed by atoms with Crippen molar-refractivity contribution < 1.29 is 4.79 Å². The number of amides is 1. The first-order valence-electron chi connectivity index (χ1n) is 5.08. The molecular formula is C12H18N2O. The summed E-state index contributed by atoms with van der Waals surface area (Å²) in [6, 6.07) is 10.0. The Balaban J connectivity index is 2.49. The first kappa shape index (κ1) is 11.7. The quantitative estimate of drug-likeness (QED) is 0.808. The number of nitrogens with zero attached hydrogens (tertiary/aromatic N) is 1. The molecule has 0 aliphatic heterocycles. The molecule has 0 unspecified atom stereocenters. The van der Waals surface area contributed by atoms with Gasteiger partial charge in [0.1, 0.15) is 0 Å². The van der Waals surface area contributed by atoms with Crippen molar-refractivity contribution in [1.82, 2.24) is 10.2 Å². The normalized spacial score (nSPS) is 12.5. The van der Waals surface area contributed by atoms with E-state index in [1.54, 1.807) is 0 Å². The van der Waals surface area contributed by atoms with Crippen molar-refractivity contribution in [2.24, 2.45) is 0 Å². The Kier molecular flexibility index (Phi) is 4.31. The van der Waals surface area contributed by atoms with Gasteiger partial charge in [-0.2, -0.15) is 0 Å². The molecule has 0 radical (unpaired) electrons. The van der Waals surface area contributed by atoms with Gasteiger partial charge in [-0.05, 0) is 26.6 Å². The van der Waals surface area contributed by atoms with Crippen LogP contribution in [0.15, 0.2) is 30.3 Å². The van der Waals surface area contributed by atoms with E-state index in [9.17, 15) is 4.79 Å². The molecule has 3 heteroatoms. The van der Waals surface area contributed by atoms with Crippen LogP contribution in [0.3, 0.4) is 0 Å². The van der Waals surface area contributed by atoms with E-state index < -0.39 is 0 Å². The first-order valence-corrected chi connectivity index (χ1v) is 5.08. The van der Waals surface area contributed by atoms with Gasteiger partial charge < -0.3 is 10.2 Å². The van der Waals surface area contributed by atoms with Gasteiger partial charge in [0.05, 0.1) is 12.6 Å². The summed E-state index contributed by atoms with van der Waals surface area (Å²) < 4.78 is 0. The van der Waals surface area contributed by atoms with Gasteiger partial charge in [0.15, 0.2) is 0 Å². The molecule has 15 heavy (non-hydrogen) atoms. The minimum Gasteiger partial charge on any atom is -0.348 e. The Morgan fingerprint density at radius 3 is 2.47 bits per heavy atom. The largest absolute Gasteiger partial charge is 0.348 e. The van der Waals surface area contributed by atoms with Gasteiger partial charge in [0, 0.05) is 0 Å². The summed E-state index contributed by atoms with van der Waals surface area (Å²) in [5.74, 6) is 0.0522.